The minimum absolute atomic E-state index is 0.0122. The molecule has 1 atom stereocenters. The van der Waals surface area contributed by atoms with Gasteiger partial charge in [-0.3, -0.25) is 4.79 Å². The molecule has 4 rings (SSSR count). The fraction of sp³-hybridized carbons (Fsp3) is 0.278. The number of carbonyl (C=O) groups is 1. The van der Waals surface area contributed by atoms with Gasteiger partial charge in [0.2, 0.25) is 5.91 Å². The molecule has 3 heterocycles. The number of anilines is 3. The van der Waals surface area contributed by atoms with Crippen LogP contribution in [0.1, 0.15) is 12.8 Å². The van der Waals surface area contributed by atoms with Crippen molar-refractivity contribution in [1.29, 1.82) is 0 Å². The SMILES string of the molecule is Nc1ccccc1NC(=O)C1CCCN(c2ncnc3sccc23)C1. The molecule has 25 heavy (non-hydrogen) atoms. The first-order valence-electron chi connectivity index (χ1n) is 8.31. The number of rotatable bonds is 3. The number of nitrogens with one attached hydrogen (secondary N) is 1. The number of piperidine rings is 1. The molecule has 1 unspecified atom stereocenters. The summed E-state index contributed by atoms with van der Waals surface area (Å²) in [5.74, 6) is 0.846. The van der Waals surface area contributed by atoms with Crippen molar-refractivity contribution in [2.75, 3.05) is 29.0 Å². The highest BCUT2D eigenvalue weighted by atomic mass is 32.1. The maximum atomic E-state index is 12.7. The van der Waals surface area contributed by atoms with Gasteiger partial charge in [-0.25, -0.2) is 9.97 Å². The van der Waals surface area contributed by atoms with E-state index in [1.807, 2.05) is 29.6 Å². The van der Waals surface area contributed by atoms with Crippen LogP contribution in [0.15, 0.2) is 42.0 Å². The molecule has 2 aromatic heterocycles. The lowest BCUT2D eigenvalue weighted by atomic mass is 9.96. The van der Waals surface area contributed by atoms with Crippen LogP contribution in [0.25, 0.3) is 10.2 Å². The number of nitrogen functional groups attached to an aromatic ring is 1. The van der Waals surface area contributed by atoms with Crippen molar-refractivity contribution in [3.05, 3.63) is 42.0 Å². The molecule has 128 valence electrons. The van der Waals surface area contributed by atoms with Gasteiger partial charge in [0.05, 0.1) is 22.7 Å². The molecule has 0 bridgehead atoms. The number of thiophene rings is 1. The highest BCUT2D eigenvalue weighted by molar-refractivity contribution is 7.16. The Morgan fingerprint density at radius 2 is 2.16 bits per heavy atom. The fourth-order valence-electron chi connectivity index (χ4n) is 3.26. The zero-order valence-electron chi connectivity index (χ0n) is 13.7. The normalized spacial score (nSPS) is 17.6. The van der Waals surface area contributed by atoms with Crippen LogP contribution >= 0.6 is 11.3 Å². The zero-order valence-corrected chi connectivity index (χ0v) is 14.5. The van der Waals surface area contributed by atoms with Gasteiger partial charge in [0.15, 0.2) is 0 Å². The van der Waals surface area contributed by atoms with Gasteiger partial charge in [-0.1, -0.05) is 12.1 Å². The number of aromatic nitrogens is 2. The molecule has 7 heteroatoms. The third-order valence-electron chi connectivity index (χ3n) is 4.55. The molecular weight excluding hydrogens is 334 g/mol. The molecule has 0 spiro atoms. The molecule has 1 aliphatic heterocycles. The molecule has 6 nitrogen and oxygen atoms in total. The van der Waals surface area contributed by atoms with Crippen LogP contribution in [-0.4, -0.2) is 29.0 Å². The number of nitrogens with two attached hydrogens (primary N) is 1. The van der Waals surface area contributed by atoms with Gasteiger partial charge in [0.1, 0.15) is 17.0 Å². The summed E-state index contributed by atoms with van der Waals surface area (Å²) in [6, 6.07) is 9.38. The van der Waals surface area contributed by atoms with Gasteiger partial charge in [-0.15, -0.1) is 11.3 Å². The largest absolute Gasteiger partial charge is 0.397 e. The molecule has 3 N–H and O–H groups in total. The summed E-state index contributed by atoms with van der Waals surface area (Å²) < 4.78 is 0. The second-order valence-electron chi connectivity index (χ2n) is 6.20. The van der Waals surface area contributed by atoms with Crippen LogP contribution in [-0.2, 0) is 4.79 Å². The maximum Gasteiger partial charge on any atom is 0.229 e. The third kappa shape index (κ3) is 3.15. The molecule has 1 amide bonds. The Hall–Kier alpha value is -2.67. The van der Waals surface area contributed by atoms with Crippen molar-refractivity contribution in [2.45, 2.75) is 12.8 Å². The average molecular weight is 353 g/mol. The molecule has 1 fully saturated rings. The lowest BCUT2D eigenvalue weighted by Crippen LogP contribution is -2.41. The highest BCUT2D eigenvalue weighted by Gasteiger charge is 2.27. The second-order valence-corrected chi connectivity index (χ2v) is 7.09. The van der Waals surface area contributed by atoms with E-state index in [-0.39, 0.29) is 11.8 Å². The Balaban J connectivity index is 1.52. The first-order chi connectivity index (χ1) is 12.2. The molecule has 1 saturated heterocycles. The Labute approximate surface area is 149 Å². The van der Waals surface area contributed by atoms with Crippen LogP contribution in [0.2, 0.25) is 0 Å². The summed E-state index contributed by atoms with van der Waals surface area (Å²) in [4.78, 5) is 24.6. The van der Waals surface area contributed by atoms with Crippen molar-refractivity contribution in [1.82, 2.24) is 9.97 Å². The molecule has 1 aromatic carbocycles. The summed E-state index contributed by atoms with van der Waals surface area (Å²) in [6.07, 6.45) is 3.42. The number of benzene rings is 1. The number of nitrogens with zero attached hydrogens (tertiary/aromatic N) is 3. The smallest absolute Gasteiger partial charge is 0.229 e. The van der Waals surface area contributed by atoms with Crippen molar-refractivity contribution in [2.24, 2.45) is 5.92 Å². The quantitative estimate of drug-likeness (QED) is 0.707. The van der Waals surface area contributed by atoms with E-state index in [0.29, 0.717) is 17.9 Å². The van der Waals surface area contributed by atoms with Crippen LogP contribution in [0.3, 0.4) is 0 Å². The number of fused-ring (bicyclic) bond motifs is 1. The van der Waals surface area contributed by atoms with Crippen molar-refractivity contribution in [3.8, 4) is 0 Å². The standard InChI is InChI=1S/C18H19N5OS/c19-14-5-1-2-6-15(14)22-17(24)12-4-3-8-23(10-12)16-13-7-9-25-18(13)21-11-20-16/h1-2,5-7,9,11-12H,3-4,8,10,19H2,(H,22,24). The van der Waals surface area contributed by atoms with E-state index < -0.39 is 0 Å². The molecule has 0 saturated carbocycles. The van der Waals surface area contributed by atoms with E-state index in [0.717, 1.165) is 35.4 Å². The number of carbonyl (C=O) groups excluding carboxylic acids is 1. The van der Waals surface area contributed by atoms with Crippen LogP contribution in [0.5, 0.6) is 0 Å². The first kappa shape index (κ1) is 15.8. The third-order valence-corrected chi connectivity index (χ3v) is 5.37. The molecule has 0 radical (unpaired) electrons. The predicted octanol–water partition coefficient (Wildman–Crippen LogP) is 3.13. The summed E-state index contributed by atoms with van der Waals surface area (Å²) in [5.41, 5.74) is 7.18. The molecule has 3 aromatic rings. The van der Waals surface area contributed by atoms with Crippen LogP contribution in [0, 0.1) is 5.92 Å². The lowest BCUT2D eigenvalue weighted by Gasteiger charge is -2.33. The van der Waals surface area contributed by atoms with Gasteiger partial charge < -0.3 is 16.0 Å². The van der Waals surface area contributed by atoms with E-state index in [4.69, 9.17) is 5.73 Å². The highest BCUT2D eigenvalue weighted by Crippen LogP contribution is 2.30. The first-order valence-corrected chi connectivity index (χ1v) is 9.19. The number of amides is 1. The van der Waals surface area contributed by atoms with Crippen molar-refractivity contribution in [3.63, 3.8) is 0 Å². The van der Waals surface area contributed by atoms with E-state index >= 15 is 0 Å². The summed E-state index contributed by atoms with van der Waals surface area (Å²) in [7, 11) is 0. The van der Waals surface area contributed by atoms with Gasteiger partial charge in [-0.2, -0.15) is 0 Å². The number of hydrogen-bond acceptors (Lipinski definition) is 6. The van der Waals surface area contributed by atoms with E-state index in [9.17, 15) is 4.79 Å². The fourth-order valence-corrected chi connectivity index (χ4v) is 3.99. The second kappa shape index (κ2) is 6.68. The van der Waals surface area contributed by atoms with Crippen molar-refractivity contribution >= 4 is 44.7 Å². The topological polar surface area (TPSA) is 84.1 Å². The summed E-state index contributed by atoms with van der Waals surface area (Å²) in [5, 5.41) is 6.04. The summed E-state index contributed by atoms with van der Waals surface area (Å²) >= 11 is 1.61. The minimum atomic E-state index is -0.0861. The minimum Gasteiger partial charge on any atom is -0.397 e. The van der Waals surface area contributed by atoms with Gasteiger partial charge in [-0.05, 0) is 36.4 Å². The van der Waals surface area contributed by atoms with Crippen molar-refractivity contribution < 1.29 is 4.79 Å². The number of hydrogen-bond donors (Lipinski definition) is 2. The van der Waals surface area contributed by atoms with E-state index in [1.165, 1.54) is 0 Å². The van der Waals surface area contributed by atoms with Crippen LogP contribution < -0.4 is 16.0 Å². The van der Waals surface area contributed by atoms with E-state index in [1.54, 1.807) is 23.7 Å². The van der Waals surface area contributed by atoms with E-state index in [2.05, 4.69) is 20.2 Å². The average Bonchev–Trinajstić information content (AvgIpc) is 3.12. The molecule has 0 aliphatic carbocycles. The maximum absolute atomic E-state index is 12.7. The Morgan fingerprint density at radius 3 is 3.04 bits per heavy atom. The molecular formula is C18H19N5OS. The summed E-state index contributed by atoms with van der Waals surface area (Å²) in [6.45, 7) is 1.56. The van der Waals surface area contributed by atoms with Gasteiger partial charge >= 0.3 is 0 Å². The predicted molar refractivity (Wildman–Crippen MR) is 102 cm³/mol. The monoisotopic (exact) mass is 353 g/mol. The van der Waals surface area contributed by atoms with Gasteiger partial charge in [0, 0.05) is 13.1 Å². The number of para-hydroxylation sites is 2. The lowest BCUT2D eigenvalue weighted by molar-refractivity contribution is -0.120. The molecule has 1 aliphatic rings. The van der Waals surface area contributed by atoms with Gasteiger partial charge in [0.25, 0.3) is 0 Å². The zero-order chi connectivity index (χ0) is 17.2. The Bertz CT molecular complexity index is 909. The van der Waals surface area contributed by atoms with Crippen LogP contribution in [0.4, 0.5) is 17.2 Å². The Morgan fingerprint density at radius 1 is 1.28 bits per heavy atom. The Kier molecular flexibility index (Phi) is 4.23.